The molecule has 0 saturated heterocycles. The minimum Gasteiger partial charge on any atom is -0.399 e. The first-order valence-electron chi connectivity index (χ1n) is 5.86. The molecule has 3 nitrogen and oxygen atoms in total. The lowest BCUT2D eigenvalue weighted by atomic mass is 9.91. The molecule has 1 amide bonds. The van der Waals surface area contributed by atoms with Gasteiger partial charge in [-0.1, -0.05) is 32.9 Å². The second kappa shape index (κ2) is 5.21. The first-order chi connectivity index (χ1) is 7.78. The summed E-state index contributed by atoms with van der Waals surface area (Å²) in [6, 6.07) is 7.63. The quantitative estimate of drug-likeness (QED) is 0.817. The van der Waals surface area contributed by atoms with Gasteiger partial charge in [-0.3, -0.25) is 4.79 Å². The van der Waals surface area contributed by atoms with Crippen molar-refractivity contribution in [3.05, 3.63) is 29.8 Å². The van der Waals surface area contributed by atoms with E-state index in [1.165, 1.54) is 0 Å². The molecule has 0 aliphatic rings. The van der Waals surface area contributed by atoms with E-state index in [0.717, 1.165) is 11.3 Å². The Bertz CT molecular complexity index is 376. The Hall–Kier alpha value is -1.51. The molecule has 0 unspecified atom stereocenters. The second-order valence-electron chi connectivity index (χ2n) is 5.73. The summed E-state index contributed by atoms with van der Waals surface area (Å²) in [7, 11) is 1.84. The minimum atomic E-state index is 0.0342. The van der Waals surface area contributed by atoms with Crippen LogP contribution in [-0.2, 0) is 11.3 Å². The number of carbonyl (C=O) groups is 1. The van der Waals surface area contributed by atoms with Crippen LogP contribution in [0.25, 0.3) is 0 Å². The van der Waals surface area contributed by atoms with E-state index in [1.807, 2.05) is 31.3 Å². The molecular formula is C14H22N2O. The summed E-state index contributed by atoms with van der Waals surface area (Å²) < 4.78 is 0. The van der Waals surface area contributed by atoms with Crippen LogP contribution in [0.15, 0.2) is 24.3 Å². The topological polar surface area (TPSA) is 46.3 Å². The summed E-state index contributed by atoms with van der Waals surface area (Å²) in [6.07, 6.45) is 0.568. The SMILES string of the molecule is CN(Cc1ccc(N)cc1)C(=O)CC(C)(C)C. The third-order valence-corrected chi connectivity index (χ3v) is 2.51. The number of carbonyl (C=O) groups excluding carboxylic acids is 1. The maximum absolute atomic E-state index is 11.9. The van der Waals surface area contributed by atoms with Crippen LogP contribution < -0.4 is 5.73 Å². The summed E-state index contributed by atoms with van der Waals surface area (Å²) in [4.78, 5) is 13.7. The van der Waals surface area contributed by atoms with Gasteiger partial charge in [0.05, 0.1) is 0 Å². The highest BCUT2D eigenvalue weighted by atomic mass is 16.2. The van der Waals surface area contributed by atoms with E-state index in [0.29, 0.717) is 13.0 Å². The molecule has 0 heterocycles. The molecule has 0 aromatic heterocycles. The number of benzene rings is 1. The molecule has 0 saturated carbocycles. The predicted molar refractivity (Wildman–Crippen MR) is 71.4 cm³/mol. The first-order valence-corrected chi connectivity index (χ1v) is 5.86. The summed E-state index contributed by atoms with van der Waals surface area (Å²) >= 11 is 0. The number of rotatable bonds is 3. The molecule has 0 atom stereocenters. The van der Waals surface area contributed by atoms with Crippen molar-refractivity contribution in [1.82, 2.24) is 4.90 Å². The zero-order valence-corrected chi connectivity index (χ0v) is 11.2. The van der Waals surface area contributed by atoms with Crippen LogP contribution in [0.2, 0.25) is 0 Å². The molecule has 0 fully saturated rings. The zero-order valence-electron chi connectivity index (χ0n) is 11.2. The fraction of sp³-hybridized carbons (Fsp3) is 0.500. The molecule has 1 rings (SSSR count). The molecular weight excluding hydrogens is 212 g/mol. The number of anilines is 1. The summed E-state index contributed by atoms with van der Waals surface area (Å²) in [6.45, 7) is 6.85. The maximum Gasteiger partial charge on any atom is 0.223 e. The van der Waals surface area contributed by atoms with Crippen LogP contribution in [0.5, 0.6) is 0 Å². The van der Waals surface area contributed by atoms with Crippen molar-refractivity contribution < 1.29 is 4.79 Å². The average molecular weight is 234 g/mol. The van der Waals surface area contributed by atoms with Gasteiger partial charge in [0.1, 0.15) is 0 Å². The van der Waals surface area contributed by atoms with E-state index in [9.17, 15) is 4.79 Å². The molecule has 1 aromatic rings. The molecule has 0 bridgehead atoms. The number of nitrogen functional groups attached to an aromatic ring is 1. The van der Waals surface area contributed by atoms with E-state index in [-0.39, 0.29) is 11.3 Å². The molecule has 0 spiro atoms. The molecule has 1 aromatic carbocycles. The Balaban J connectivity index is 2.57. The molecule has 17 heavy (non-hydrogen) atoms. The molecule has 0 radical (unpaired) electrons. The smallest absolute Gasteiger partial charge is 0.223 e. The standard InChI is InChI=1S/C14H22N2O/c1-14(2,3)9-13(17)16(4)10-11-5-7-12(15)8-6-11/h5-8H,9-10,15H2,1-4H3. The Morgan fingerprint density at radius 3 is 2.24 bits per heavy atom. The van der Waals surface area contributed by atoms with Crippen LogP contribution in [0, 0.1) is 5.41 Å². The van der Waals surface area contributed by atoms with Gasteiger partial charge in [0.15, 0.2) is 0 Å². The monoisotopic (exact) mass is 234 g/mol. The van der Waals surface area contributed by atoms with E-state index in [1.54, 1.807) is 4.90 Å². The molecule has 0 aliphatic carbocycles. The highest BCUT2D eigenvalue weighted by molar-refractivity contribution is 5.76. The van der Waals surface area contributed by atoms with Gasteiger partial charge in [0, 0.05) is 25.7 Å². The van der Waals surface area contributed by atoms with Gasteiger partial charge in [-0.15, -0.1) is 0 Å². The van der Waals surface area contributed by atoms with Crippen molar-refractivity contribution >= 4 is 11.6 Å². The lowest BCUT2D eigenvalue weighted by molar-refractivity contribution is -0.132. The lowest BCUT2D eigenvalue weighted by Crippen LogP contribution is -2.29. The van der Waals surface area contributed by atoms with Crippen molar-refractivity contribution in [2.45, 2.75) is 33.7 Å². The number of hydrogen-bond acceptors (Lipinski definition) is 2. The number of nitrogens with two attached hydrogens (primary N) is 1. The summed E-state index contributed by atoms with van der Waals surface area (Å²) in [5, 5.41) is 0. The van der Waals surface area contributed by atoms with Crippen LogP contribution in [0.3, 0.4) is 0 Å². The zero-order chi connectivity index (χ0) is 13.1. The third-order valence-electron chi connectivity index (χ3n) is 2.51. The maximum atomic E-state index is 11.9. The van der Waals surface area contributed by atoms with Gasteiger partial charge in [-0.05, 0) is 23.1 Å². The number of amides is 1. The summed E-state index contributed by atoms with van der Waals surface area (Å²) in [5.74, 6) is 0.175. The lowest BCUT2D eigenvalue weighted by Gasteiger charge is -2.23. The first kappa shape index (κ1) is 13.6. The molecule has 3 heteroatoms. The van der Waals surface area contributed by atoms with Crippen molar-refractivity contribution in [1.29, 1.82) is 0 Å². The van der Waals surface area contributed by atoms with Gasteiger partial charge < -0.3 is 10.6 Å². The Labute approximate surface area is 104 Å². The second-order valence-corrected chi connectivity index (χ2v) is 5.73. The van der Waals surface area contributed by atoms with Crippen LogP contribution >= 0.6 is 0 Å². The minimum absolute atomic E-state index is 0.0342. The largest absolute Gasteiger partial charge is 0.399 e. The van der Waals surface area contributed by atoms with Gasteiger partial charge in [-0.25, -0.2) is 0 Å². The van der Waals surface area contributed by atoms with Crippen molar-refractivity contribution in [2.24, 2.45) is 5.41 Å². The average Bonchev–Trinajstić information content (AvgIpc) is 2.19. The van der Waals surface area contributed by atoms with Crippen molar-refractivity contribution in [3.8, 4) is 0 Å². The highest BCUT2D eigenvalue weighted by Crippen LogP contribution is 2.20. The van der Waals surface area contributed by atoms with E-state index >= 15 is 0 Å². The van der Waals surface area contributed by atoms with E-state index < -0.39 is 0 Å². The Morgan fingerprint density at radius 1 is 1.24 bits per heavy atom. The number of nitrogens with zero attached hydrogens (tertiary/aromatic N) is 1. The molecule has 94 valence electrons. The fourth-order valence-electron chi connectivity index (χ4n) is 1.57. The van der Waals surface area contributed by atoms with Crippen LogP contribution in [0.4, 0.5) is 5.69 Å². The fourth-order valence-corrected chi connectivity index (χ4v) is 1.57. The van der Waals surface area contributed by atoms with Gasteiger partial charge in [-0.2, -0.15) is 0 Å². The molecule has 2 N–H and O–H groups in total. The normalized spacial score (nSPS) is 11.3. The third kappa shape index (κ3) is 4.89. The number of hydrogen-bond donors (Lipinski definition) is 1. The summed E-state index contributed by atoms with van der Waals surface area (Å²) in [5.41, 5.74) is 7.50. The van der Waals surface area contributed by atoms with Gasteiger partial charge in [0.2, 0.25) is 5.91 Å². The van der Waals surface area contributed by atoms with Crippen LogP contribution in [-0.4, -0.2) is 17.9 Å². The highest BCUT2D eigenvalue weighted by Gasteiger charge is 2.18. The van der Waals surface area contributed by atoms with Crippen molar-refractivity contribution in [2.75, 3.05) is 12.8 Å². The van der Waals surface area contributed by atoms with E-state index in [2.05, 4.69) is 20.8 Å². The van der Waals surface area contributed by atoms with Crippen molar-refractivity contribution in [3.63, 3.8) is 0 Å². The van der Waals surface area contributed by atoms with Gasteiger partial charge >= 0.3 is 0 Å². The van der Waals surface area contributed by atoms with Gasteiger partial charge in [0.25, 0.3) is 0 Å². The molecule has 0 aliphatic heterocycles. The Morgan fingerprint density at radius 2 is 1.76 bits per heavy atom. The van der Waals surface area contributed by atoms with Crippen LogP contribution in [0.1, 0.15) is 32.8 Å². The van der Waals surface area contributed by atoms with E-state index in [4.69, 9.17) is 5.73 Å². The Kier molecular flexibility index (Phi) is 4.16. The predicted octanol–water partition coefficient (Wildman–Crippen LogP) is 2.66.